The topological polar surface area (TPSA) is 61.5 Å². The summed E-state index contributed by atoms with van der Waals surface area (Å²) in [6, 6.07) is 3.88. The molecule has 2 heterocycles. The first-order valence-corrected chi connectivity index (χ1v) is 5.91. The highest BCUT2D eigenvalue weighted by Gasteiger charge is 2.19. The van der Waals surface area contributed by atoms with E-state index in [9.17, 15) is 0 Å². The van der Waals surface area contributed by atoms with Crippen molar-refractivity contribution in [3.05, 3.63) is 30.2 Å². The number of methoxy groups -OCH3 is 1. The Labute approximate surface area is 104 Å². The van der Waals surface area contributed by atoms with Crippen molar-refractivity contribution in [1.29, 1.82) is 0 Å². The number of hydrogen-bond acceptors (Lipinski definition) is 4. The SMILES string of the molecule is COc1c2ccoc2c(CC(C)N)c2ccoc12. The predicted octanol–water partition coefficient (Wildman–Crippen LogP) is 3.08. The van der Waals surface area contributed by atoms with Crippen LogP contribution >= 0.6 is 0 Å². The molecule has 0 saturated carbocycles. The Balaban J connectivity index is 2.42. The summed E-state index contributed by atoms with van der Waals surface area (Å²) in [7, 11) is 1.63. The van der Waals surface area contributed by atoms with Gasteiger partial charge in [0.15, 0.2) is 11.3 Å². The third-order valence-electron chi connectivity index (χ3n) is 3.11. The van der Waals surface area contributed by atoms with Crippen molar-refractivity contribution in [2.24, 2.45) is 5.73 Å². The van der Waals surface area contributed by atoms with Gasteiger partial charge in [0, 0.05) is 17.0 Å². The van der Waals surface area contributed by atoms with E-state index in [-0.39, 0.29) is 6.04 Å². The van der Waals surface area contributed by atoms with Gasteiger partial charge in [0.25, 0.3) is 0 Å². The molecule has 0 amide bonds. The minimum absolute atomic E-state index is 0.0600. The van der Waals surface area contributed by atoms with Crippen LogP contribution in [0.1, 0.15) is 12.5 Å². The van der Waals surface area contributed by atoms with E-state index in [1.165, 1.54) is 0 Å². The average Bonchev–Trinajstić information content (AvgIpc) is 2.96. The largest absolute Gasteiger partial charge is 0.492 e. The van der Waals surface area contributed by atoms with Gasteiger partial charge in [0.05, 0.1) is 25.0 Å². The highest BCUT2D eigenvalue weighted by Crippen LogP contribution is 2.39. The normalized spacial score (nSPS) is 13.3. The fourth-order valence-electron chi connectivity index (χ4n) is 2.42. The summed E-state index contributed by atoms with van der Waals surface area (Å²) in [4.78, 5) is 0. The van der Waals surface area contributed by atoms with Crippen LogP contribution in [0.25, 0.3) is 21.9 Å². The van der Waals surface area contributed by atoms with Gasteiger partial charge in [0.2, 0.25) is 0 Å². The third-order valence-corrected chi connectivity index (χ3v) is 3.11. The quantitative estimate of drug-likeness (QED) is 0.770. The molecule has 2 aromatic heterocycles. The van der Waals surface area contributed by atoms with E-state index < -0.39 is 0 Å². The summed E-state index contributed by atoms with van der Waals surface area (Å²) in [6.07, 6.45) is 4.07. The number of nitrogens with two attached hydrogens (primary N) is 1. The van der Waals surface area contributed by atoms with Gasteiger partial charge in [-0.05, 0) is 25.5 Å². The maximum Gasteiger partial charge on any atom is 0.176 e. The first-order valence-electron chi connectivity index (χ1n) is 5.91. The van der Waals surface area contributed by atoms with Gasteiger partial charge in [-0.15, -0.1) is 0 Å². The summed E-state index contributed by atoms with van der Waals surface area (Å²) < 4.78 is 16.6. The second-order valence-electron chi connectivity index (χ2n) is 4.52. The first-order chi connectivity index (χ1) is 8.72. The molecule has 0 aliphatic carbocycles. The highest BCUT2D eigenvalue weighted by molar-refractivity contribution is 6.04. The molecule has 4 heteroatoms. The summed E-state index contributed by atoms with van der Waals surface area (Å²) >= 11 is 0. The van der Waals surface area contributed by atoms with Gasteiger partial charge in [-0.3, -0.25) is 0 Å². The van der Waals surface area contributed by atoms with Crippen molar-refractivity contribution in [2.75, 3.05) is 7.11 Å². The molecular formula is C14H15NO3. The third kappa shape index (κ3) is 1.49. The minimum Gasteiger partial charge on any atom is -0.492 e. The maximum atomic E-state index is 5.91. The Morgan fingerprint density at radius 3 is 2.50 bits per heavy atom. The Morgan fingerprint density at radius 1 is 1.17 bits per heavy atom. The van der Waals surface area contributed by atoms with Gasteiger partial charge < -0.3 is 19.3 Å². The molecule has 1 atom stereocenters. The van der Waals surface area contributed by atoms with Crippen LogP contribution in [-0.2, 0) is 6.42 Å². The van der Waals surface area contributed by atoms with Crippen LogP contribution in [-0.4, -0.2) is 13.2 Å². The van der Waals surface area contributed by atoms with Gasteiger partial charge in [-0.25, -0.2) is 0 Å². The Morgan fingerprint density at radius 2 is 1.83 bits per heavy atom. The van der Waals surface area contributed by atoms with Gasteiger partial charge in [-0.2, -0.15) is 0 Å². The van der Waals surface area contributed by atoms with E-state index in [0.717, 1.165) is 33.9 Å². The molecule has 0 fully saturated rings. The lowest BCUT2D eigenvalue weighted by molar-refractivity contribution is 0.415. The standard InChI is InChI=1S/C14H15NO3/c1-8(15)7-11-9-3-5-18-14(9)13(16-2)10-4-6-17-12(10)11/h3-6,8H,7,15H2,1-2H3. The van der Waals surface area contributed by atoms with Crippen LogP contribution < -0.4 is 10.5 Å². The number of rotatable bonds is 3. The zero-order chi connectivity index (χ0) is 12.7. The molecule has 0 aliphatic rings. The molecule has 0 bridgehead atoms. The smallest absolute Gasteiger partial charge is 0.176 e. The van der Waals surface area contributed by atoms with Crippen molar-refractivity contribution < 1.29 is 13.6 Å². The highest BCUT2D eigenvalue weighted by atomic mass is 16.5. The summed E-state index contributed by atoms with van der Waals surface area (Å²) in [6.45, 7) is 1.98. The molecule has 0 radical (unpaired) electrons. The van der Waals surface area contributed by atoms with Crippen LogP contribution in [0.15, 0.2) is 33.5 Å². The van der Waals surface area contributed by atoms with Crippen LogP contribution in [0.5, 0.6) is 5.75 Å². The molecule has 2 N–H and O–H groups in total. The predicted molar refractivity (Wildman–Crippen MR) is 69.9 cm³/mol. The summed E-state index contributed by atoms with van der Waals surface area (Å²) in [5, 5.41) is 1.93. The molecule has 3 rings (SSSR count). The van der Waals surface area contributed by atoms with E-state index in [1.54, 1.807) is 19.6 Å². The molecule has 1 aromatic carbocycles. The van der Waals surface area contributed by atoms with Crippen LogP contribution in [0.2, 0.25) is 0 Å². The van der Waals surface area contributed by atoms with E-state index in [1.807, 2.05) is 19.1 Å². The van der Waals surface area contributed by atoms with Crippen LogP contribution in [0, 0.1) is 0 Å². The Hall–Kier alpha value is -1.94. The number of fused-ring (bicyclic) bond motifs is 2. The molecule has 0 spiro atoms. The summed E-state index contributed by atoms with van der Waals surface area (Å²) in [5.41, 5.74) is 8.57. The van der Waals surface area contributed by atoms with Crippen molar-refractivity contribution >= 4 is 21.9 Å². The zero-order valence-corrected chi connectivity index (χ0v) is 10.4. The van der Waals surface area contributed by atoms with Crippen molar-refractivity contribution in [1.82, 2.24) is 0 Å². The monoisotopic (exact) mass is 245 g/mol. The Bertz CT molecular complexity index is 642. The number of furan rings is 2. The van der Waals surface area contributed by atoms with Crippen molar-refractivity contribution in [3.8, 4) is 5.75 Å². The van der Waals surface area contributed by atoms with Crippen LogP contribution in [0.4, 0.5) is 0 Å². The molecule has 3 aromatic rings. The molecule has 18 heavy (non-hydrogen) atoms. The lowest BCUT2D eigenvalue weighted by Gasteiger charge is -2.10. The second kappa shape index (κ2) is 4.07. The summed E-state index contributed by atoms with van der Waals surface area (Å²) in [5.74, 6) is 0.715. The van der Waals surface area contributed by atoms with Crippen LogP contribution in [0.3, 0.4) is 0 Å². The number of benzene rings is 1. The zero-order valence-electron chi connectivity index (χ0n) is 10.4. The van der Waals surface area contributed by atoms with E-state index in [0.29, 0.717) is 5.75 Å². The van der Waals surface area contributed by atoms with Gasteiger partial charge in [0.1, 0.15) is 5.58 Å². The fourth-order valence-corrected chi connectivity index (χ4v) is 2.42. The minimum atomic E-state index is 0.0600. The van der Waals surface area contributed by atoms with Gasteiger partial charge in [-0.1, -0.05) is 0 Å². The fraction of sp³-hybridized carbons (Fsp3) is 0.286. The lowest BCUT2D eigenvalue weighted by atomic mass is 10.0. The first kappa shape index (κ1) is 11.2. The molecule has 1 unspecified atom stereocenters. The van der Waals surface area contributed by atoms with Crippen molar-refractivity contribution in [3.63, 3.8) is 0 Å². The van der Waals surface area contributed by atoms with Crippen molar-refractivity contribution in [2.45, 2.75) is 19.4 Å². The van der Waals surface area contributed by atoms with Gasteiger partial charge >= 0.3 is 0 Å². The molecule has 94 valence electrons. The number of hydrogen-bond donors (Lipinski definition) is 1. The maximum absolute atomic E-state index is 5.91. The molecule has 0 aliphatic heterocycles. The van der Waals surface area contributed by atoms with E-state index in [4.69, 9.17) is 19.3 Å². The Kier molecular flexibility index (Phi) is 2.52. The second-order valence-corrected chi connectivity index (χ2v) is 4.52. The number of ether oxygens (including phenoxy) is 1. The molecular weight excluding hydrogens is 230 g/mol. The molecule has 0 saturated heterocycles. The molecule has 4 nitrogen and oxygen atoms in total. The lowest BCUT2D eigenvalue weighted by Crippen LogP contribution is -2.18. The average molecular weight is 245 g/mol. The van der Waals surface area contributed by atoms with E-state index >= 15 is 0 Å². The van der Waals surface area contributed by atoms with E-state index in [2.05, 4.69) is 0 Å².